The van der Waals surface area contributed by atoms with E-state index in [0.29, 0.717) is 38.2 Å². The van der Waals surface area contributed by atoms with Gasteiger partial charge in [0.2, 0.25) is 0 Å². The van der Waals surface area contributed by atoms with Crippen LogP contribution in [-0.4, -0.2) is 93.2 Å². The van der Waals surface area contributed by atoms with Crippen LogP contribution in [0.15, 0.2) is 42.0 Å². The van der Waals surface area contributed by atoms with Crippen LogP contribution in [0.2, 0.25) is 0 Å². The zero-order valence-electron chi connectivity index (χ0n) is 34.8. The van der Waals surface area contributed by atoms with E-state index >= 15 is 0 Å². The van der Waals surface area contributed by atoms with Crippen molar-refractivity contribution in [3.8, 4) is 0 Å². The summed E-state index contributed by atoms with van der Waals surface area (Å²) in [6, 6.07) is 10.1. The lowest BCUT2D eigenvalue weighted by molar-refractivity contribution is -0.339. The molecule has 15 unspecified atom stereocenters. The monoisotopic (exact) mass is 794 g/mol. The van der Waals surface area contributed by atoms with Crippen LogP contribution in [0.5, 0.6) is 0 Å². The van der Waals surface area contributed by atoms with E-state index in [0.717, 1.165) is 63.4 Å². The van der Waals surface area contributed by atoms with Crippen LogP contribution in [0.4, 0.5) is 0 Å². The number of ether oxygens (including phenoxy) is 3. The fourth-order valence-electron chi connectivity index (χ4n) is 14.9. The Morgan fingerprint density at radius 1 is 0.842 bits per heavy atom. The third-order valence-electron chi connectivity index (χ3n) is 18.4. The predicted octanol–water partition coefficient (Wildman–Crippen LogP) is 6.40. The fraction of sp³-hybridized carbons (Fsp3) is 0.809. The zero-order valence-corrected chi connectivity index (χ0v) is 34.8. The van der Waals surface area contributed by atoms with Crippen molar-refractivity contribution in [1.29, 1.82) is 0 Å². The Bertz CT molecular complexity index is 1650. The third kappa shape index (κ3) is 6.35. The molecule has 1 saturated heterocycles. The van der Waals surface area contributed by atoms with Crippen molar-refractivity contribution >= 4 is 5.97 Å². The molecule has 10 nitrogen and oxygen atoms in total. The van der Waals surface area contributed by atoms with Crippen LogP contribution in [0.3, 0.4) is 0 Å². The van der Waals surface area contributed by atoms with Crippen LogP contribution in [0.1, 0.15) is 123 Å². The highest BCUT2D eigenvalue weighted by Crippen LogP contribution is 2.78. The van der Waals surface area contributed by atoms with E-state index in [9.17, 15) is 35.4 Å². The van der Waals surface area contributed by atoms with Gasteiger partial charge >= 0.3 is 5.97 Å². The summed E-state index contributed by atoms with van der Waals surface area (Å²) in [5.74, 6) is -0.105. The molecule has 5 saturated carbocycles. The summed E-state index contributed by atoms with van der Waals surface area (Å²) in [4.78, 5) is 13.3. The fourth-order valence-corrected chi connectivity index (χ4v) is 14.9. The molecule has 7 aliphatic rings. The molecule has 0 radical (unpaired) electrons. The Balaban J connectivity index is 1.25. The van der Waals surface area contributed by atoms with Crippen LogP contribution in [0.25, 0.3) is 0 Å². The molecule has 15 atom stereocenters. The van der Waals surface area contributed by atoms with Crippen molar-refractivity contribution in [2.45, 2.75) is 161 Å². The summed E-state index contributed by atoms with van der Waals surface area (Å²) < 4.78 is 19.8. The largest absolute Gasteiger partial charge is 0.481 e. The van der Waals surface area contributed by atoms with Crippen LogP contribution >= 0.6 is 0 Å². The molecule has 6 N–H and O–H groups in total. The minimum atomic E-state index is -1.47. The zero-order chi connectivity index (χ0) is 40.6. The molecule has 1 aromatic rings. The first-order chi connectivity index (χ1) is 27.1. The Morgan fingerprint density at radius 3 is 2.25 bits per heavy atom. The average molecular weight is 795 g/mol. The minimum Gasteiger partial charge on any atom is -0.481 e. The van der Waals surface area contributed by atoms with E-state index in [1.807, 2.05) is 18.2 Å². The molecule has 10 heteroatoms. The second-order valence-corrected chi connectivity index (χ2v) is 20.9. The lowest BCUT2D eigenvalue weighted by Crippen LogP contribution is -2.71. The quantitative estimate of drug-likeness (QED) is 0.122. The van der Waals surface area contributed by atoms with Crippen molar-refractivity contribution in [2.24, 2.45) is 56.2 Å². The van der Waals surface area contributed by atoms with Gasteiger partial charge in [-0.15, -0.1) is 0 Å². The molecule has 6 fully saturated rings. The van der Waals surface area contributed by atoms with E-state index in [4.69, 9.17) is 14.2 Å². The second-order valence-electron chi connectivity index (χ2n) is 20.9. The maximum absolute atomic E-state index is 13.3. The van der Waals surface area contributed by atoms with Crippen molar-refractivity contribution in [3.05, 3.63) is 47.5 Å². The number of carboxylic acid groups (broad SMARTS) is 1. The standard InChI is InChI=1S/C47H70O10/c1-42(27-48)19-21-46(41(53)54)22-20-44(3)31(32(46)23-42)15-16-36-45(44,4)18-17-35-43(2,28-49)39(57-40-38(52)37(51)33(50)26-56-40)34(55-25-29-11-7-5-8-12-29)24-47(35,36)30-13-9-6-10-14-30/h5,7-8,11-12,15,30,32-40,48-52H,6,9-10,13-14,16-28H2,1-4H3,(H,53,54). The van der Waals surface area contributed by atoms with Gasteiger partial charge in [-0.1, -0.05) is 88.9 Å². The summed E-state index contributed by atoms with van der Waals surface area (Å²) in [5.41, 5.74) is -0.194. The van der Waals surface area contributed by atoms with Crippen LogP contribution in [0, 0.1) is 56.2 Å². The first-order valence-electron chi connectivity index (χ1n) is 22.2. The first-order valence-corrected chi connectivity index (χ1v) is 22.2. The number of aliphatic hydroxyl groups excluding tert-OH is 5. The molecule has 8 rings (SSSR count). The van der Waals surface area contributed by atoms with Gasteiger partial charge in [0, 0.05) is 12.0 Å². The van der Waals surface area contributed by atoms with Gasteiger partial charge in [0.25, 0.3) is 0 Å². The lowest BCUT2D eigenvalue weighted by Gasteiger charge is -2.74. The summed E-state index contributed by atoms with van der Waals surface area (Å²) in [7, 11) is 0. The topological polar surface area (TPSA) is 166 Å². The van der Waals surface area contributed by atoms with E-state index in [2.05, 4.69) is 45.9 Å². The van der Waals surface area contributed by atoms with Gasteiger partial charge in [0.05, 0.1) is 37.4 Å². The lowest BCUT2D eigenvalue weighted by atomic mass is 9.31. The maximum atomic E-state index is 13.3. The number of benzene rings is 1. The van der Waals surface area contributed by atoms with Gasteiger partial charge in [-0.25, -0.2) is 0 Å². The van der Waals surface area contributed by atoms with E-state index in [-0.39, 0.29) is 59.2 Å². The van der Waals surface area contributed by atoms with Gasteiger partial charge in [-0.2, -0.15) is 0 Å². The molecule has 1 aromatic carbocycles. The molecular formula is C47H70O10. The SMILES string of the molecule is CC1(CO)CCC2(C(=O)O)CCC3(C)C(=CCC4C5(C6CCCCC6)CC(OCc6ccccc6)C(OC6OCC(O)C(O)C6O)C(C)(CO)C5CCC43C)C2C1. The number of aliphatic carboxylic acids is 1. The van der Waals surface area contributed by atoms with Gasteiger partial charge in [0.1, 0.15) is 18.3 Å². The van der Waals surface area contributed by atoms with Gasteiger partial charge in [0.15, 0.2) is 6.29 Å². The highest BCUT2D eigenvalue weighted by atomic mass is 16.7. The number of aliphatic hydroxyl groups is 5. The second kappa shape index (κ2) is 15.2. The summed E-state index contributed by atoms with van der Waals surface area (Å²) in [6.07, 6.45) is 8.59. The van der Waals surface area contributed by atoms with Crippen molar-refractivity contribution in [1.82, 2.24) is 0 Å². The van der Waals surface area contributed by atoms with Crippen molar-refractivity contribution < 1.29 is 49.6 Å². The molecule has 0 amide bonds. The number of fused-ring (bicyclic) bond motifs is 7. The van der Waals surface area contributed by atoms with E-state index in [1.165, 1.54) is 12.0 Å². The molecule has 1 heterocycles. The molecule has 57 heavy (non-hydrogen) atoms. The van der Waals surface area contributed by atoms with Crippen molar-refractivity contribution in [2.75, 3.05) is 19.8 Å². The average Bonchev–Trinajstić information content (AvgIpc) is 3.21. The predicted molar refractivity (Wildman–Crippen MR) is 213 cm³/mol. The number of rotatable bonds is 9. The Morgan fingerprint density at radius 2 is 1.56 bits per heavy atom. The highest BCUT2D eigenvalue weighted by Gasteiger charge is 2.73. The molecular weight excluding hydrogens is 725 g/mol. The first kappa shape index (κ1) is 41.8. The number of hydrogen-bond donors (Lipinski definition) is 6. The highest BCUT2D eigenvalue weighted by molar-refractivity contribution is 5.76. The van der Waals surface area contributed by atoms with E-state index in [1.54, 1.807) is 0 Å². The minimum absolute atomic E-state index is 0.0570. The summed E-state index contributed by atoms with van der Waals surface area (Å²) in [6.45, 7) is 9.32. The smallest absolute Gasteiger partial charge is 0.310 e. The Hall–Kier alpha value is -1.89. The summed E-state index contributed by atoms with van der Waals surface area (Å²) >= 11 is 0. The van der Waals surface area contributed by atoms with Gasteiger partial charge in [-0.05, 0) is 122 Å². The molecule has 0 aromatic heterocycles. The number of carboxylic acids is 1. The molecule has 1 aliphatic heterocycles. The molecule has 318 valence electrons. The summed E-state index contributed by atoms with van der Waals surface area (Å²) in [5, 5.41) is 65.5. The number of hydrogen-bond acceptors (Lipinski definition) is 9. The Labute approximate surface area is 339 Å². The normalized spacial score (nSPS) is 48.8. The van der Waals surface area contributed by atoms with Gasteiger partial charge in [-0.3, -0.25) is 4.79 Å². The number of allylic oxidation sites excluding steroid dienone is 2. The molecule has 6 aliphatic carbocycles. The molecule has 0 spiro atoms. The Kier molecular flexibility index (Phi) is 11.2. The van der Waals surface area contributed by atoms with Crippen LogP contribution < -0.4 is 0 Å². The third-order valence-corrected chi connectivity index (χ3v) is 18.4. The van der Waals surface area contributed by atoms with E-state index < -0.39 is 53.6 Å². The molecule has 0 bridgehead atoms. The number of carbonyl (C=O) groups is 1. The van der Waals surface area contributed by atoms with Crippen LogP contribution in [-0.2, 0) is 25.6 Å². The van der Waals surface area contributed by atoms with Crippen molar-refractivity contribution in [3.63, 3.8) is 0 Å². The van der Waals surface area contributed by atoms with Gasteiger partial charge < -0.3 is 44.8 Å². The maximum Gasteiger partial charge on any atom is 0.310 e.